The molecule has 19 heavy (non-hydrogen) atoms. The van der Waals surface area contributed by atoms with Gasteiger partial charge in [0.1, 0.15) is 0 Å². The summed E-state index contributed by atoms with van der Waals surface area (Å²) >= 11 is 0. The second-order valence-electron chi connectivity index (χ2n) is 6.37. The minimum absolute atomic E-state index is 0.183. The summed E-state index contributed by atoms with van der Waals surface area (Å²) in [7, 11) is 4.11. The van der Waals surface area contributed by atoms with Crippen molar-refractivity contribution in [2.75, 3.05) is 27.2 Å². The fourth-order valence-corrected chi connectivity index (χ4v) is 2.83. The van der Waals surface area contributed by atoms with Crippen LogP contribution in [0.25, 0.3) is 0 Å². The Hall–Kier alpha value is -0.610. The molecule has 1 saturated carbocycles. The van der Waals surface area contributed by atoms with Crippen LogP contribution in [-0.2, 0) is 4.79 Å². The van der Waals surface area contributed by atoms with Crippen LogP contribution in [0, 0.1) is 5.41 Å². The van der Waals surface area contributed by atoms with E-state index >= 15 is 0 Å². The molecule has 1 amide bonds. The van der Waals surface area contributed by atoms with Gasteiger partial charge in [0.05, 0.1) is 5.41 Å². The quantitative estimate of drug-likeness (QED) is 0.722. The van der Waals surface area contributed by atoms with E-state index < -0.39 is 0 Å². The Bertz CT molecular complexity index is 271. The van der Waals surface area contributed by atoms with E-state index in [4.69, 9.17) is 5.73 Å². The monoisotopic (exact) mass is 269 g/mol. The fourth-order valence-electron chi connectivity index (χ4n) is 2.83. The van der Waals surface area contributed by atoms with Gasteiger partial charge in [0, 0.05) is 12.6 Å². The Morgan fingerprint density at radius 1 is 1.26 bits per heavy atom. The Kier molecular flexibility index (Phi) is 6.80. The number of nitrogens with one attached hydrogen (secondary N) is 1. The standard InChI is InChI=1S/C15H31N3O/c1-13(8-11-18(2)3)17-14(19)15(12-16)9-6-4-5-7-10-15/h13H,4-12,16H2,1-3H3,(H,17,19). The molecule has 1 rings (SSSR count). The van der Waals surface area contributed by atoms with Crippen LogP contribution in [0.5, 0.6) is 0 Å². The van der Waals surface area contributed by atoms with E-state index in [1.54, 1.807) is 0 Å². The summed E-state index contributed by atoms with van der Waals surface area (Å²) in [5, 5.41) is 3.18. The molecule has 0 heterocycles. The number of nitrogens with two attached hydrogens (primary N) is 1. The largest absolute Gasteiger partial charge is 0.353 e. The molecule has 0 bridgehead atoms. The number of hydrogen-bond acceptors (Lipinski definition) is 3. The molecule has 0 aromatic heterocycles. The molecule has 0 saturated heterocycles. The highest BCUT2D eigenvalue weighted by Crippen LogP contribution is 2.34. The third-order valence-corrected chi connectivity index (χ3v) is 4.32. The van der Waals surface area contributed by atoms with Gasteiger partial charge in [-0.3, -0.25) is 4.79 Å². The number of amides is 1. The van der Waals surface area contributed by atoms with Gasteiger partial charge < -0.3 is 16.0 Å². The molecule has 0 aromatic carbocycles. The third kappa shape index (κ3) is 5.11. The van der Waals surface area contributed by atoms with Gasteiger partial charge in [-0.25, -0.2) is 0 Å². The number of carbonyl (C=O) groups is 1. The highest BCUT2D eigenvalue weighted by molar-refractivity contribution is 5.83. The smallest absolute Gasteiger partial charge is 0.227 e. The first kappa shape index (κ1) is 16.4. The van der Waals surface area contributed by atoms with Gasteiger partial charge in [-0.05, 0) is 46.8 Å². The van der Waals surface area contributed by atoms with Crippen LogP contribution in [0.3, 0.4) is 0 Å². The first-order chi connectivity index (χ1) is 9.00. The average Bonchev–Trinajstić information content (AvgIpc) is 2.62. The molecule has 4 heteroatoms. The summed E-state index contributed by atoms with van der Waals surface area (Å²) in [6.45, 7) is 3.57. The lowest BCUT2D eigenvalue weighted by Gasteiger charge is -2.31. The maximum Gasteiger partial charge on any atom is 0.227 e. The van der Waals surface area contributed by atoms with Crippen molar-refractivity contribution in [2.45, 2.75) is 57.9 Å². The first-order valence-corrected chi connectivity index (χ1v) is 7.66. The molecule has 1 fully saturated rings. The van der Waals surface area contributed by atoms with E-state index in [1.165, 1.54) is 12.8 Å². The lowest BCUT2D eigenvalue weighted by Crippen LogP contribution is -2.48. The minimum atomic E-state index is -0.303. The topological polar surface area (TPSA) is 58.4 Å². The highest BCUT2D eigenvalue weighted by atomic mass is 16.2. The molecule has 0 aliphatic heterocycles. The molecule has 4 nitrogen and oxygen atoms in total. The summed E-state index contributed by atoms with van der Waals surface area (Å²) in [5.41, 5.74) is 5.63. The van der Waals surface area contributed by atoms with Crippen molar-refractivity contribution < 1.29 is 4.79 Å². The third-order valence-electron chi connectivity index (χ3n) is 4.32. The molecule has 1 aliphatic rings. The average molecular weight is 269 g/mol. The molecule has 1 aliphatic carbocycles. The first-order valence-electron chi connectivity index (χ1n) is 7.66. The maximum absolute atomic E-state index is 12.6. The molecule has 3 N–H and O–H groups in total. The Balaban J connectivity index is 2.52. The summed E-state index contributed by atoms with van der Waals surface area (Å²) in [4.78, 5) is 14.7. The zero-order valence-electron chi connectivity index (χ0n) is 12.9. The lowest BCUT2D eigenvalue weighted by molar-refractivity contribution is -0.132. The van der Waals surface area contributed by atoms with Gasteiger partial charge in [0.2, 0.25) is 5.91 Å². The number of nitrogens with zero attached hydrogens (tertiary/aromatic N) is 1. The van der Waals surface area contributed by atoms with Crippen LogP contribution in [0.2, 0.25) is 0 Å². The van der Waals surface area contributed by atoms with Crippen molar-refractivity contribution in [2.24, 2.45) is 11.1 Å². The van der Waals surface area contributed by atoms with E-state index in [9.17, 15) is 4.79 Å². The van der Waals surface area contributed by atoms with Crippen molar-refractivity contribution in [3.63, 3.8) is 0 Å². The van der Waals surface area contributed by atoms with Crippen molar-refractivity contribution in [1.82, 2.24) is 10.2 Å². The van der Waals surface area contributed by atoms with Crippen LogP contribution in [0.15, 0.2) is 0 Å². The van der Waals surface area contributed by atoms with Gasteiger partial charge in [-0.15, -0.1) is 0 Å². The van der Waals surface area contributed by atoms with Gasteiger partial charge in [0.25, 0.3) is 0 Å². The van der Waals surface area contributed by atoms with Gasteiger partial charge in [0.15, 0.2) is 0 Å². The Labute approximate surface area is 118 Å². The van der Waals surface area contributed by atoms with Gasteiger partial charge in [-0.2, -0.15) is 0 Å². The predicted octanol–water partition coefficient (Wildman–Crippen LogP) is 1.74. The molecule has 1 atom stereocenters. The van der Waals surface area contributed by atoms with E-state index in [0.717, 1.165) is 38.6 Å². The van der Waals surface area contributed by atoms with Crippen molar-refractivity contribution in [3.8, 4) is 0 Å². The van der Waals surface area contributed by atoms with Crippen molar-refractivity contribution in [3.05, 3.63) is 0 Å². The van der Waals surface area contributed by atoms with E-state index in [2.05, 4.69) is 31.2 Å². The highest BCUT2D eigenvalue weighted by Gasteiger charge is 2.37. The molecular formula is C15H31N3O. The van der Waals surface area contributed by atoms with Crippen molar-refractivity contribution in [1.29, 1.82) is 0 Å². The Morgan fingerprint density at radius 3 is 2.32 bits per heavy atom. The molecule has 112 valence electrons. The fraction of sp³-hybridized carbons (Fsp3) is 0.933. The second kappa shape index (κ2) is 7.85. The molecular weight excluding hydrogens is 238 g/mol. The zero-order chi connectivity index (χ0) is 14.3. The van der Waals surface area contributed by atoms with E-state index in [1.807, 2.05) is 0 Å². The SMILES string of the molecule is CC(CCN(C)C)NC(=O)C1(CN)CCCCCC1. The maximum atomic E-state index is 12.6. The summed E-state index contributed by atoms with van der Waals surface area (Å²) < 4.78 is 0. The van der Waals surface area contributed by atoms with E-state index in [0.29, 0.717) is 6.54 Å². The summed E-state index contributed by atoms with van der Waals surface area (Å²) in [5.74, 6) is 0.183. The second-order valence-corrected chi connectivity index (χ2v) is 6.37. The lowest BCUT2D eigenvalue weighted by atomic mass is 9.79. The number of carbonyl (C=O) groups excluding carboxylic acids is 1. The van der Waals surface area contributed by atoms with Crippen LogP contribution < -0.4 is 11.1 Å². The molecule has 0 spiro atoms. The summed E-state index contributed by atoms with van der Waals surface area (Å²) in [6.07, 6.45) is 7.65. The predicted molar refractivity (Wildman–Crippen MR) is 80.0 cm³/mol. The number of hydrogen-bond donors (Lipinski definition) is 2. The van der Waals surface area contributed by atoms with Gasteiger partial charge in [-0.1, -0.05) is 25.7 Å². The van der Waals surface area contributed by atoms with Crippen LogP contribution in [0.4, 0.5) is 0 Å². The van der Waals surface area contributed by atoms with Crippen LogP contribution in [-0.4, -0.2) is 44.0 Å². The minimum Gasteiger partial charge on any atom is -0.353 e. The Morgan fingerprint density at radius 2 is 1.84 bits per heavy atom. The molecule has 0 aromatic rings. The molecule has 1 unspecified atom stereocenters. The summed E-state index contributed by atoms with van der Waals surface area (Å²) in [6, 6.07) is 0.224. The van der Waals surface area contributed by atoms with Gasteiger partial charge >= 0.3 is 0 Å². The normalized spacial score (nSPS) is 20.9. The van der Waals surface area contributed by atoms with Crippen LogP contribution in [0.1, 0.15) is 51.9 Å². The zero-order valence-corrected chi connectivity index (χ0v) is 12.9. The van der Waals surface area contributed by atoms with Crippen LogP contribution >= 0.6 is 0 Å². The molecule has 0 radical (unpaired) electrons. The van der Waals surface area contributed by atoms with Crippen molar-refractivity contribution >= 4 is 5.91 Å². The number of rotatable bonds is 6. The van der Waals surface area contributed by atoms with E-state index in [-0.39, 0.29) is 17.4 Å².